The Morgan fingerprint density at radius 2 is 1.90 bits per heavy atom. The smallest absolute Gasteiger partial charge is 0.300 e. The highest BCUT2D eigenvalue weighted by molar-refractivity contribution is 5.85. The molecular weight excluding hydrogens is 516 g/mol. The molecule has 0 radical (unpaired) electrons. The van der Waals surface area contributed by atoms with Crippen molar-refractivity contribution in [2.45, 2.75) is 117 Å². The normalized spacial score (nSPS) is 36.2. The Morgan fingerprint density at radius 1 is 1.10 bits per heavy atom. The Bertz CT molecular complexity index is 1310. The van der Waals surface area contributed by atoms with E-state index in [0.29, 0.717) is 28.9 Å². The van der Waals surface area contributed by atoms with Crippen molar-refractivity contribution in [2.75, 3.05) is 0 Å². The predicted molar refractivity (Wildman–Crippen MR) is 159 cm³/mol. The van der Waals surface area contributed by atoms with E-state index in [9.17, 15) is 15.2 Å². The number of hydrogen-bond donors (Lipinski definition) is 2. The van der Waals surface area contributed by atoms with E-state index >= 15 is 0 Å². The number of nitrogens with one attached hydrogen (secondary N) is 1. The minimum absolute atomic E-state index is 0.0731. The van der Waals surface area contributed by atoms with Crippen LogP contribution in [0, 0.1) is 50.5 Å². The fourth-order valence-electron chi connectivity index (χ4n) is 10.1. The molecule has 41 heavy (non-hydrogen) atoms. The van der Waals surface area contributed by atoms with Crippen LogP contribution in [-0.4, -0.2) is 32.5 Å². The summed E-state index contributed by atoms with van der Waals surface area (Å²) in [7, 11) is 0. The first-order valence-corrected chi connectivity index (χ1v) is 16.1. The van der Waals surface area contributed by atoms with E-state index in [1.807, 2.05) is 0 Å². The van der Waals surface area contributed by atoms with Gasteiger partial charge in [0.2, 0.25) is 5.52 Å². The van der Waals surface area contributed by atoms with Crippen LogP contribution < -0.4 is 5.32 Å². The van der Waals surface area contributed by atoms with Gasteiger partial charge in [0, 0.05) is 18.7 Å². The third-order valence-corrected chi connectivity index (χ3v) is 12.5. The SMILES string of the molecule is CC(CCC[C@@H](C)[C@H]1CC[C@H]2[C@@H]3CC=C4CC(O)CC[C@]4(C)[C@H]3CC[C@]12C)NCc1ccc([N+](=O)[O-])c2nonc12. The van der Waals surface area contributed by atoms with E-state index in [1.54, 1.807) is 11.6 Å². The Morgan fingerprint density at radius 3 is 2.71 bits per heavy atom. The van der Waals surface area contributed by atoms with Gasteiger partial charge in [-0.1, -0.05) is 45.3 Å². The summed E-state index contributed by atoms with van der Waals surface area (Å²) in [6, 6.07) is 3.58. The highest BCUT2D eigenvalue weighted by atomic mass is 16.6. The van der Waals surface area contributed by atoms with Gasteiger partial charge in [0.25, 0.3) is 0 Å². The van der Waals surface area contributed by atoms with Crippen LogP contribution in [0.5, 0.6) is 0 Å². The molecule has 2 aromatic rings. The molecule has 8 heteroatoms. The van der Waals surface area contributed by atoms with E-state index in [1.165, 1.54) is 57.4 Å². The van der Waals surface area contributed by atoms with Gasteiger partial charge in [-0.15, -0.1) is 0 Å². The van der Waals surface area contributed by atoms with Gasteiger partial charge in [-0.05, 0) is 127 Å². The van der Waals surface area contributed by atoms with E-state index in [-0.39, 0.29) is 17.3 Å². The van der Waals surface area contributed by atoms with Gasteiger partial charge in [0.15, 0.2) is 0 Å². The van der Waals surface area contributed by atoms with Crippen molar-refractivity contribution in [3.05, 3.63) is 39.5 Å². The first-order chi connectivity index (χ1) is 19.6. The summed E-state index contributed by atoms with van der Waals surface area (Å²) in [5.74, 6) is 4.03. The largest absolute Gasteiger partial charge is 0.393 e. The third-order valence-electron chi connectivity index (χ3n) is 12.5. The number of fused-ring (bicyclic) bond motifs is 6. The molecular formula is C33H48N4O4. The van der Waals surface area contributed by atoms with Crippen LogP contribution in [0.1, 0.15) is 104 Å². The molecule has 3 saturated carbocycles. The fraction of sp³-hybridized carbons (Fsp3) is 0.758. The van der Waals surface area contributed by atoms with Crippen molar-refractivity contribution in [2.24, 2.45) is 40.4 Å². The number of aliphatic hydroxyl groups is 1. The summed E-state index contributed by atoms with van der Waals surface area (Å²) >= 11 is 0. The maximum Gasteiger partial charge on any atom is 0.300 e. The molecule has 2 N–H and O–H groups in total. The average molecular weight is 565 g/mol. The Balaban J connectivity index is 1.02. The number of benzene rings is 1. The summed E-state index contributed by atoms with van der Waals surface area (Å²) < 4.78 is 4.81. The molecule has 1 heterocycles. The van der Waals surface area contributed by atoms with Crippen molar-refractivity contribution in [1.82, 2.24) is 15.6 Å². The van der Waals surface area contributed by atoms with Crippen LogP contribution in [0.2, 0.25) is 0 Å². The maximum absolute atomic E-state index is 11.3. The van der Waals surface area contributed by atoms with Crippen LogP contribution >= 0.6 is 0 Å². The molecule has 0 amide bonds. The molecule has 0 spiro atoms. The second-order valence-electron chi connectivity index (χ2n) is 14.5. The summed E-state index contributed by atoms with van der Waals surface area (Å²) in [5, 5.41) is 32.8. The van der Waals surface area contributed by atoms with Crippen LogP contribution in [-0.2, 0) is 6.54 Å². The lowest BCUT2D eigenvalue weighted by Crippen LogP contribution is -2.50. The zero-order chi connectivity index (χ0) is 28.9. The van der Waals surface area contributed by atoms with E-state index < -0.39 is 4.92 Å². The number of nitro groups is 1. The molecule has 2 unspecified atom stereocenters. The van der Waals surface area contributed by atoms with E-state index in [4.69, 9.17) is 4.63 Å². The van der Waals surface area contributed by atoms with Crippen molar-refractivity contribution >= 4 is 16.7 Å². The second-order valence-corrected chi connectivity index (χ2v) is 14.5. The zero-order valence-corrected chi connectivity index (χ0v) is 25.3. The molecule has 0 saturated heterocycles. The topological polar surface area (TPSA) is 114 Å². The van der Waals surface area contributed by atoms with Gasteiger partial charge in [-0.25, -0.2) is 4.63 Å². The highest BCUT2D eigenvalue weighted by Gasteiger charge is 2.59. The molecule has 0 aliphatic heterocycles. The fourth-order valence-corrected chi connectivity index (χ4v) is 10.1. The average Bonchev–Trinajstić information content (AvgIpc) is 3.57. The number of rotatable bonds is 9. The number of non-ortho nitro benzene ring substituents is 1. The lowest BCUT2D eigenvalue weighted by molar-refractivity contribution is -0.383. The van der Waals surface area contributed by atoms with Crippen LogP contribution in [0.4, 0.5) is 5.69 Å². The molecule has 6 rings (SSSR count). The van der Waals surface area contributed by atoms with Crippen molar-refractivity contribution in [1.29, 1.82) is 0 Å². The highest BCUT2D eigenvalue weighted by Crippen LogP contribution is 2.67. The third kappa shape index (κ3) is 5.03. The lowest BCUT2D eigenvalue weighted by Gasteiger charge is -2.58. The molecule has 224 valence electrons. The van der Waals surface area contributed by atoms with Gasteiger partial charge in [0.1, 0.15) is 5.52 Å². The Labute approximate surface area is 243 Å². The molecule has 8 nitrogen and oxygen atoms in total. The van der Waals surface area contributed by atoms with Gasteiger partial charge in [0.05, 0.1) is 11.0 Å². The van der Waals surface area contributed by atoms with Gasteiger partial charge >= 0.3 is 5.69 Å². The number of aromatic nitrogens is 2. The zero-order valence-electron chi connectivity index (χ0n) is 25.3. The molecule has 0 bridgehead atoms. The predicted octanol–water partition coefficient (Wildman–Crippen LogP) is 7.36. The molecule has 1 aromatic carbocycles. The van der Waals surface area contributed by atoms with Crippen molar-refractivity contribution < 1.29 is 14.7 Å². The molecule has 9 atom stereocenters. The first-order valence-electron chi connectivity index (χ1n) is 16.1. The summed E-state index contributed by atoms with van der Waals surface area (Å²) in [5.41, 5.74) is 3.83. The second kappa shape index (κ2) is 11.1. The lowest BCUT2D eigenvalue weighted by atomic mass is 9.47. The molecule has 4 aliphatic carbocycles. The quantitative estimate of drug-likeness (QED) is 0.186. The van der Waals surface area contributed by atoms with Crippen LogP contribution in [0.15, 0.2) is 28.4 Å². The molecule has 3 fully saturated rings. The van der Waals surface area contributed by atoms with Gasteiger partial charge in [-0.3, -0.25) is 10.1 Å². The van der Waals surface area contributed by atoms with E-state index in [0.717, 1.165) is 54.4 Å². The van der Waals surface area contributed by atoms with Crippen LogP contribution in [0.3, 0.4) is 0 Å². The number of hydrogen-bond acceptors (Lipinski definition) is 7. The van der Waals surface area contributed by atoms with Crippen molar-refractivity contribution in [3.8, 4) is 0 Å². The number of nitro benzene ring substituents is 1. The minimum Gasteiger partial charge on any atom is -0.393 e. The first kappa shape index (κ1) is 28.8. The number of allylic oxidation sites excluding steroid dienone is 1. The number of nitrogens with zero attached hydrogens (tertiary/aromatic N) is 3. The van der Waals surface area contributed by atoms with E-state index in [2.05, 4.69) is 49.4 Å². The van der Waals surface area contributed by atoms with Crippen LogP contribution in [0.25, 0.3) is 11.0 Å². The van der Waals surface area contributed by atoms with Gasteiger partial charge < -0.3 is 10.4 Å². The standard InChI is InChI=1S/C33H48N4O4/c1-20(6-5-7-21(2)34-19-22-8-13-29(37(39)40)31-30(22)35-41-36-31)26-11-12-27-25-10-9-23-18-24(38)14-16-32(23,3)28(25)15-17-33(26,27)4/h8-9,13,20-21,24-28,34,38H,5-7,10-12,14-19H2,1-4H3/t20-,21?,24?,25+,26-,27+,28+,32+,33-/m1/s1. The van der Waals surface area contributed by atoms with Crippen molar-refractivity contribution in [3.63, 3.8) is 0 Å². The Kier molecular flexibility index (Phi) is 7.77. The van der Waals surface area contributed by atoms with Gasteiger partial charge in [-0.2, -0.15) is 0 Å². The minimum atomic E-state index is -0.447. The molecule has 4 aliphatic rings. The summed E-state index contributed by atoms with van der Waals surface area (Å²) in [4.78, 5) is 10.8. The maximum atomic E-state index is 11.3. The monoisotopic (exact) mass is 564 g/mol. The summed E-state index contributed by atoms with van der Waals surface area (Å²) in [6.45, 7) is 10.5. The summed E-state index contributed by atoms with van der Waals surface area (Å²) in [6.07, 6.45) is 15.8. The molecule has 1 aromatic heterocycles. The number of aliphatic hydroxyl groups excluding tert-OH is 1. The Hall–Kier alpha value is -2.32.